The molecule has 0 amide bonds. The van der Waals surface area contributed by atoms with Gasteiger partial charge in [-0.25, -0.2) is 0 Å². The van der Waals surface area contributed by atoms with Gasteiger partial charge in [-0.1, -0.05) is 54.6 Å². The Morgan fingerprint density at radius 1 is 0.667 bits per heavy atom. The molecule has 24 heavy (non-hydrogen) atoms. The van der Waals surface area contributed by atoms with Gasteiger partial charge in [0.05, 0.1) is 0 Å². The molecule has 7 heteroatoms. The van der Waals surface area contributed by atoms with E-state index in [4.69, 9.17) is 0 Å². The molecule has 0 atom stereocenters. The van der Waals surface area contributed by atoms with Crippen molar-refractivity contribution in [2.24, 2.45) is 0 Å². The lowest BCUT2D eigenvalue weighted by Crippen LogP contribution is -2.60. The molecule has 0 aliphatic rings. The Hall–Kier alpha value is -2.44. The van der Waals surface area contributed by atoms with Crippen molar-refractivity contribution in [3.63, 3.8) is 0 Å². The van der Waals surface area contributed by atoms with Gasteiger partial charge in [0.2, 0.25) is 5.54 Å². The van der Waals surface area contributed by atoms with Crippen LogP contribution in [0, 0.1) is 0 Å². The van der Waals surface area contributed by atoms with Crippen molar-refractivity contribution >= 4 is 11.8 Å². The number of anilines is 1. The van der Waals surface area contributed by atoms with Crippen molar-refractivity contribution in [1.29, 1.82) is 0 Å². The van der Waals surface area contributed by atoms with Crippen molar-refractivity contribution in [3.8, 4) is 0 Å². The van der Waals surface area contributed by atoms with Crippen LogP contribution in [0.3, 0.4) is 0 Å². The average Bonchev–Trinajstić information content (AvgIpc) is 2.51. The Kier molecular flexibility index (Phi) is 4.91. The van der Waals surface area contributed by atoms with Gasteiger partial charge in [0.1, 0.15) is 0 Å². The second-order valence-corrected chi connectivity index (χ2v) is 5.04. The third-order valence-electron chi connectivity index (χ3n) is 3.33. The fraction of sp³-hybridized carbons (Fsp3) is 0.176. The van der Waals surface area contributed by atoms with E-state index < -0.39 is 17.9 Å². The van der Waals surface area contributed by atoms with Crippen LogP contribution < -0.4 is 5.32 Å². The molecule has 0 radical (unpaired) electrons. The van der Waals surface area contributed by atoms with Gasteiger partial charge < -0.3 is 5.32 Å². The molecule has 0 heterocycles. The van der Waals surface area contributed by atoms with Gasteiger partial charge in [-0.3, -0.25) is 0 Å². The summed E-state index contributed by atoms with van der Waals surface area (Å²) in [7, 11) is 0. The number of hydrogen-bond acceptors (Lipinski definition) is 1. The Bertz CT molecular complexity index is 660. The minimum Gasteiger partial charge on any atom is -0.361 e. The number of rotatable bonds is 4. The van der Waals surface area contributed by atoms with E-state index in [1.807, 2.05) is 0 Å². The van der Waals surface area contributed by atoms with Crippen LogP contribution in [-0.2, 0) is 0 Å². The normalized spacial score (nSPS) is 13.2. The van der Waals surface area contributed by atoms with Gasteiger partial charge in [0.15, 0.2) is 0 Å². The molecule has 0 aromatic heterocycles. The molecule has 2 aromatic carbocycles. The molecular formula is C17H13F6N. The maximum atomic E-state index is 13.4. The number of hydrogen-bond donors (Lipinski definition) is 1. The Labute approximate surface area is 134 Å². The first-order chi connectivity index (χ1) is 11.2. The van der Waals surface area contributed by atoms with Crippen LogP contribution in [0.2, 0.25) is 0 Å². The van der Waals surface area contributed by atoms with E-state index in [9.17, 15) is 26.3 Å². The molecule has 1 nitrogen and oxygen atoms in total. The third kappa shape index (κ3) is 3.72. The molecule has 128 valence electrons. The summed E-state index contributed by atoms with van der Waals surface area (Å²) in [5.74, 6) is 0. The van der Waals surface area contributed by atoms with Crippen molar-refractivity contribution in [2.45, 2.75) is 17.9 Å². The minimum absolute atomic E-state index is 0.106. The minimum atomic E-state index is -5.59. The third-order valence-corrected chi connectivity index (χ3v) is 3.33. The summed E-state index contributed by atoms with van der Waals surface area (Å²) in [6.45, 7) is 0. The van der Waals surface area contributed by atoms with E-state index in [-0.39, 0.29) is 17.3 Å². The zero-order chi connectivity index (χ0) is 17.8. The van der Waals surface area contributed by atoms with Crippen molar-refractivity contribution in [3.05, 3.63) is 72.3 Å². The van der Waals surface area contributed by atoms with E-state index in [0.717, 1.165) is 18.2 Å². The summed E-state index contributed by atoms with van der Waals surface area (Å²) in [4.78, 5) is 0. The molecule has 0 unspecified atom stereocenters. The highest BCUT2D eigenvalue weighted by Crippen LogP contribution is 2.46. The smallest absolute Gasteiger partial charge is 0.361 e. The molecule has 0 saturated heterocycles. The summed E-state index contributed by atoms with van der Waals surface area (Å²) < 4.78 is 80.6. The Morgan fingerprint density at radius 2 is 1.12 bits per heavy atom. The molecule has 0 bridgehead atoms. The van der Waals surface area contributed by atoms with Crippen molar-refractivity contribution < 1.29 is 26.3 Å². The lowest BCUT2D eigenvalue weighted by Gasteiger charge is -2.36. The molecule has 0 aliphatic carbocycles. The average molecular weight is 345 g/mol. The summed E-state index contributed by atoms with van der Waals surface area (Å²) in [6.07, 6.45) is -10.3. The van der Waals surface area contributed by atoms with Crippen LogP contribution in [0.25, 0.3) is 6.08 Å². The summed E-state index contributed by atoms with van der Waals surface area (Å²) in [5.41, 5.74) is -4.26. The van der Waals surface area contributed by atoms with Crippen LogP contribution in [0.5, 0.6) is 0 Å². The molecule has 0 aliphatic heterocycles. The molecule has 0 saturated carbocycles. The maximum absolute atomic E-state index is 13.4. The fourth-order valence-electron chi connectivity index (χ4n) is 2.07. The van der Waals surface area contributed by atoms with Crippen LogP contribution in [0.15, 0.2) is 66.7 Å². The van der Waals surface area contributed by atoms with E-state index in [2.05, 4.69) is 0 Å². The van der Waals surface area contributed by atoms with Gasteiger partial charge in [-0.2, -0.15) is 26.3 Å². The first-order valence-electron chi connectivity index (χ1n) is 6.87. The van der Waals surface area contributed by atoms with Crippen LogP contribution in [-0.4, -0.2) is 17.9 Å². The van der Waals surface area contributed by atoms with E-state index >= 15 is 0 Å². The Balaban J connectivity index is 2.52. The summed E-state index contributed by atoms with van der Waals surface area (Å²) >= 11 is 0. The van der Waals surface area contributed by atoms with Crippen LogP contribution in [0.4, 0.5) is 32.0 Å². The van der Waals surface area contributed by atoms with E-state index in [1.54, 1.807) is 11.4 Å². The van der Waals surface area contributed by atoms with Gasteiger partial charge in [0.25, 0.3) is 0 Å². The lowest BCUT2D eigenvalue weighted by molar-refractivity contribution is -0.271. The highest BCUT2D eigenvalue weighted by molar-refractivity contribution is 5.56. The van der Waals surface area contributed by atoms with Gasteiger partial charge in [-0.15, -0.1) is 0 Å². The fourth-order valence-corrected chi connectivity index (χ4v) is 2.07. The number of benzene rings is 2. The van der Waals surface area contributed by atoms with Gasteiger partial charge >= 0.3 is 12.4 Å². The zero-order valence-electron chi connectivity index (χ0n) is 12.2. The first kappa shape index (κ1) is 17.9. The number of halogens is 6. The number of alkyl halides is 6. The molecule has 2 aromatic rings. The molecule has 0 spiro atoms. The topological polar surface area (TPSA) is 12.0 Å². The van der Waals surface area contributed by atoms with Crippen LogP contribution >= 0.6 is 0 Å². The number of para-hydroxylation sites is 1. The second kappa shape index (κ2) is 6.59. The molecule has 2 rings (SSSR count). The highest BCUT2D eigenvalue weighted by Gasteiger charge is 2.69. The zero-order valence-corrected chi connectivity index (χ0v) is 12.2. The SMILES string of the molecule is FC(F)(F)C(/C=C/c1ccccc1)(Nc1ccccc1)C(F)(F)F. The number of nitrogens with one attached hydrogen (secondary N) is 1. The Morgan fingerprint density at radius 3 is 1.58 bits per heavy atom. The predicted molar refractivity (Wildman–Crippen MR) is 80.4 cm³/mol. The van der Waals surface area contributed by atoms with E-state index in [0.29, 0.717) is 0 Å². The second-order valence-electron chi connectivity index (χ2n) is 5.04. The maximum Gasteiger partial charge on any atom is 0.424 e. The monoisotopic (exact) mass is 345 g/mol. The van der Waals surface area contributed by atoms with Crippen molar-refractivity contribution in [1.82, 2.24) is 0 Å². The van der Waals surface area contributed by atoms with E-state index in [1.165, 1.54) is 42.5 Å². The highest BCUT2D eigenvalue weighted by atomic mass is 19.4. The largest absolute Gasteiger partial charge is 0.424 e. The quantitative estimate of drug-likeness (QED) is 0.704. The predicted octanol–water partition coefficient (Wildman–Crippen LogP) is 5.68. The molecular weight excluding hydrogens is 332 g/mol. The summed E-state index contributed by atoms with van der Waals surface area (Å²) in [5, 5.41) is 1.61. The summed E-state index contributed by atoms with van der Waals surface area (Å²) in [6, 6.07) is 14.0. The van der Waals surface area contributed by atoms with Gasteiger partial charge in [0, 0.05) is 5.69 Å². The van der Waals surface area contributed by atoms with Gasteiger partial charge in [-0.05, 0) is 23.8 Å². The van der Waals surface area contributed by atoms with Crippen LogP contribution in [0.1, 0.15) is 5.56 Å². The molecule has 0 fully saturated rings. The lowest BCUT2D eigenvalue weighted by atomic mass is 9.95. The molecule has 1 N–H and O–H groups in total. The standard InChI is InChI=1S/C17H13F6N/c18-16(19,20)15(17(21,22)23,24-14-9-5-2-6-10-14)12-11-13-7-3-1-4-8-13/h1-12,24H/b12-11+. The first-order valence-corrected chi connectivity index (χ1v) is 6.87. The van der Waals surface area contributed by atoms with Crippen molar-refractivity contribution in [2.75, 3.05) is 5.32 Å².